The highest BCUT2D eigenvalue weighted by Gasteiger charge is 2.09. The predicted molar refractivity (Wildman–Crippen MR) is 83.4 cm³/mol. The number of nitrogens with one attached hydrogen (secondary N) is 1. The van der Waals surface area contributed by atoms with Crippen LogP contribution in [0.2, 0.25) is 0 Å². The molecule has 0 saturated carbocycles. The molecular weight excluding hydrogens is 250 g/mol. The first kappa shape index (κ1) is 16.7. The molecule has 1 rings (SSSR count). The number of rotatable bonds is 8. The second-order valence-electron chi connectivity index (χ2n) is 5.24. The third-order valence-corrected chi connectivity index (χ3v) is 3.82. The zero-order chi connectivity index (χ0) is 15.0. The van der Waals surface area contributed by atoms with Crippen LogP contribution in [0.1, 0.15) is 31.4 Å². The van der Waals surface area contributed by atoms with Crippen molar-refractivity contribution in [3.8, 4) is 0 Å². The molecule has 0 fully saturated rings. The zero-order valence-corrected chi connectivity index (χ0v) is 12.9. The van der Waals surface area contributed by atoms with Crippen LogP contribution in [0.4, 0.5) is 0 Å². The highest BCUT2D eigenvalue weighted by atomic mass is 16.1. The molecular formula is C16H27N3O. The Kier molecular flexibility index (Phi) is 7.26. The summed E-state index contributed by atoms with van der Waals surface area (Å²) < 4.78 is 0. The summed E-state index contributed by atoms with van der Waals surface area (Å²) in [6, 6.07) is 8.38. The largest absolute Gasteiger partial charge is 0.355 e. The molecule has 0 spiro atoms. The van der Waals surface area contributed by atoms with Gasteiger partial charge in [0.05, 0.1) is 6.42 Å². The summed E-state index contributed by atoms with van der Waals surface area (Å²) in [5.41, 5.74) is 7.73. The third-order valence-electron chi connectivity index (χ3n) is 3.82. The van der Waals surface area contributed by atoms with Gasteiger partial charge in [0.1, 0.15) is 0 Å². The minimum Gasteiger partial charge on any atom is -0.355 e. The molecule has 4 nitrogen and oxygen atoms in total. The molecule has 1 amide bonds. The average molecular weight is 277 g/mol. The van der Waals surface area contributed by atoms with Gasteiger partial charge in [-0.25, -0.2) is 0 Å². The Morgan fingerprint density at radius 1 is 1.35 bits per heavy atom. The third kappa shape index (κ3) is 5.31. The van der Waals surface area contributed by atoms with Gasteiger partial charge in [-0.05, 0) is 31.5 Å². The molecule has 1 unspecified atom stereocenters. The van der Waals surface area contributed by atoms with Crippen LogP contribution >= 0.6 is 0 Å². The van der Waals surface area contributed by atoms with E-state index in [9.17, 15) is 4.79 Å². The monoisotopic (exact) mass is 277 g/mol. The number of nitrogens with zero attached hydrogens (tertiary/aromatic N) is 1. The number of carbonyl (C=O) groups excluding carboxylic acids is 1. The lowest BCUT2D eigenvalue weighted by atomic mass is 10.0. The number of likely N-dealkylation sites (N-methyl/N-ethyl adjacent to an activating group) is 1. The minimum atomic E-state index is 0.0588. The van der Waals surface area contributed by atoms with Crippen molar-refractivity contribution >= 4 is 5.91 Å². The van der Waals surface area contributed by atoms with E-state index in [0.29, 0.717) is 25.6 Å². The maximum atomic E-state index is 11.9. The van der Waals surface area contributed by atoms with Crippen LogP contribution in [-0.4, -0.2) is 37.0 Å². The first-order valence-electron chi connectivity index (χ1n) is 7.32. The Morgan fingerprint density at radius 2 is 2.00 bits per heavy atom. The summed E-state index contributed by atoms with van der Waals surface area (Å²) in [7, 11) is 2.09. The molecule has 0 aliphatic carbocycles. The molecule has 0 bridgehead atoms. The zero-order valence-electron chi connectivity index (χ0n) is 12.9. The van der Waals surface area contributed by atoms with Crippen molar-refractivity contribution in [2.45, 2.75) is 39.3 Å². The standard InChI is InChI=1S/C16H27N3O/c1-4-13(2)19(3)10-9-18-16(20)11-14-7-5-6-8-15(14)12-17/h5-8,13H,4,9-12,17H2,1-3H3,(H,18,20). The SMILES string of the molecule is CCC(C)N(C)CCNC(=O)Cc1ccccc1CN. The Balaban J connectivity index is 2.37. The van der Waals surface area contributed by atoms with E-state index < -0.39 is 0 Å². The molecule has 0 saturated heterocycles. The van der Waals surface area contributed by atoms with Crippen molar-refractivity contribution in [3.63, 3.8) is 0 Å². The summed E-state index contributed by atoms with van der Waals surface area (Å²) in [6.07, 6.45) is 1.52. The van der Waals surface area contributed by atoms with Crippen molar-refractivity contribution in [1.82, 2.24) is 10.2 Å². The molecule has 0 heterocycles. The fourth-order valence-corrected chi connectivity index (χ4v) is 2.07. The molecule has 0 aliphatic rings. The summed E-state index contributed by atoms with van der Waals surface area (Å²) in [5.74, 6) is 0.0588. The maximum absolute atomic E-state index is 11.9. The molecule has 20 heavy (non-hydrogen) atoms. The van der Waals surface area contributed by atoms with Gasteiger partial charge in [-0.1, -0.05) is 31.2 Å². The number of nitrogens with two attached hydrogens (primary N) is 1. The fourth-order valence-electron chi connectivity index (χ4n) is 2.07. The van der Waals surface area contributed by atoms with E-state index >= 15 is 0 Å². The van der Waals surface area contributed by atoms with Gasteiger partial charge in [0.15, 0.2) is 0 Å². The molecule has 0 radical (unpaired) electrons. The molecule has 1 aromatic rings. The Labute approximate surface area is 122 Å². The molecule has 0 aromatic heterocycles. The number of carbonyl (C=O) groups is 1. The Hall–Kier alpha value is -1.39. The van der Waals surface area contributed by atoms with E-state index in [2.05, 4.69) is 31.1 Å². The van der Waals surface area contributed by atoms with Gasteiger partial charge in [-0.2, -0.15) is 0 Å². The normalized spacial score (nSPS) is 12.4. The lowest BCUT2D eigenvalue weighted by molar-refractivity contribution is -0.120. The van der Waals surface area contributed by atoms with Gasteiger partial charge in [-0.3, -0.25) is 4.79 Å². The topological polar surface area (TPSA) is 58.4 Å². The number of amides is 1. The van der Waals surface area contributed by atoms with Gasteiger partial charge in [0, 0.05) is 25.7 Å². The first-order valence-corrected chi connectivity index (χ1v) is 7.32. The summed E-state index contributed by atoms with van der Waals surface area (Å²) in [5, 5.41) is 2.97. The molecule has 112 valence electrons. The predicted octanol–water partition coefficient (Wildman–Crippen LogP) is 1.53. The first-order chi connectivity index (χ1) is 9.58. The van der Waals surface area contributed by atoms with Gasteiger partial charge in [0.25, 0.3) is 0 Å². The van der Waals surface area contributed by atoms with Gasteiger partial charge in [0.2, 0.25) is 5.91 Å². The minimum absolute atomic E-state index is 0.0588. The van der Waals surface area contributed by atoms with E-state index in [0.717, 1.165) is 24.1 Å². The van der Waals surface area contributed by atoms with Crippen LogP contribution in [0.15, 0.2) is 24.3 Å². The summed E-state index contributed by atoms with van der Waals surface area (Å²) in [6.45, 7) is 6.40. The molecule has 1 aromatic carbocycles. The van der Waals surface area contributed by atoms with Gasteiger partial charge in [-0.15, -0.1) is 0 Å². The summed E-state index contributed by atoms with van der Waals surface area (Å²) in [4.78, 5) is 14.2. The molecule has 3 N–H and O–H groups in total. The number of benzene rings is 1. The van der Waals surface area contributed by atoms with E-state index in [4.69, 9.17) is 5.73 Å². The lowest BCUT2D eigenvalue weighted by Gasteiger charge is -2.23. The van der Waals surface area contributed by atoms with E-state index in [1.54, 1.807) is 0 Å². The molecule has 0 aliphatic heterocycles. The van der Waals surface area contributed by atoms with Crippen LogP contribution < -0.4 is 11.1 Å². The van der Waals surface area contributed by atoms with E-state index in [1.165, 1.54) is 0 Å². The highest BCUT2D eigenvalue weighted by molar-refractivity contribution is 5.78. The molecule has 1 atom stereocenters. The second kappa shape index (κ2) is 8.72. The molecule has 4 heteroatoms. The van der Waals surface area contributed by atoms with Gasteiger partial charge >= 0.3 is 0 Å². The van der Waals surface area contributed by atoms with Crippen molar-refractivity contribution in [3.05, 3.63) is 35.4 Å². The highest BCUT2D eigenvalue weighted by Crippen LogP contribution is 2.08. The van der Waals surface area contributed by atoms with Crippen LogP contribution in [0.5, 0.6) is 0 Å². The van der Waals surface area contributed by atoms with Crippen molar-refractivity contribution in [2.24, 2.45) is 5.73 Å². The van der Waals surface area contributed by atoms with Crippen LogP contribution in [0.25, 0.3) is 0 Å². The lowest BCUT2D eigenvalue weighted by Crippen LogP contribution is -2.37. The number of hydrogen-bond donors (Lipinski definition) is 2. The fraction of sp³-hybridized carbons (Fsp3) is 0.562. The van der Waals surface area contributed by atoms with Gasteiger partial charge < -0.3 is 16.0 Å². The van der Waals surface area contributed by atoms with Crippen LogP contribution in [0, 0.1) is 0 Å². The van der Waals surface area contributed by atoms with Crippen LogP contribution in [0.3, 0.4) is 0 Å². The second-order valence-corrected chi connectivity index (χ2v) is 5.24. The smallest absolute Gasteiger partial charge is 0.224 e. The Morgan fingerprint density at radius 3 is 2.60 bits per heavy atom. The number of hydrogen-bond acceptors (Lipinski definition) is 3. The van der Waals surface area contributed by atoms with Crippen molar-refractivity contribution < 1.29 is 4.79 Å². The van der Waals surface area contributed by atoms with Crippen molar-refractivity contribution in [2.75, 3.05) is 20.1 Å². The quantitative estimate of drug-likeness (QED) is 0.757. The summed E-state index contributed by atoms with van der Waals surface area (Å²) >= 11 is 0. The van der Waals surface area contributed by atoms with E-state index in [-0.39, 0.29) is 5.91 Å². The Bertz CT molecular complexity index is 420. The van der Waals surface area contributed by atoms with Crippen LogP contribution in [-0.2, 0) is 17.8 Å². The average Bonchev–Trinajstić information content (AvgIpc) is 2.46. The maximum Gasteiger partial charge on any atom is 0.224 e. The van der Waals surface area contributed by atoms with Crippen molar-refractivity contribution in [1.29, 1.82) is 0 Å². The van der Waals surface area contributed by atoms with E-state index in [1.807, 2.05) is 24.3 Å².